The number of amides is 1. The number of aromatic nitrogens is 5. The van der Waals surface area contributed by atoms with Gasteiger partial charge in [0.2, 0.25) is 5.91 Å². The minimum Gasteiger partial charge on any atom is -0.353 e. The number of hydrogen-bond acceptors (Lipinski definition) is 6. The fraction of sp³-hybridized carbons (Fsp3) is 0.353. The summed E-state index contributed by atoms with van der Waals surface area (Å²) in [7, 11) is 0. The van der Waals surface area contributed by atoms with Crippen LogP contribution >= 0.6 is 0 Å². The summed E-state index contributed by atoms with van der Waals surface area (Å²) in [6.45, 7) is 5.93. The summed E-state index contributed by atoms with van der Waals surface area (Å²) in [5, 5.41) is 11.3. The third kappa shape index (κ3) is 2.79. The fourth-order valence-electron chi connectivity index (χ4n) is 3.01. The number of fused-ring (bicyclic) bond motifs is 1. The standard InChI is InChI=1S/C17H19N7O/c1-3-24-16-14(21-22-24)15(18-10-19-16)23-8-12(9-23)17(25)20-13-6-4-5-11(2)7-13/h4-7,10,12H,3,8-9H2,1-2H3,(H,20,25). The number of rotatable bonds is 4. The monoisotopic (exact) mass is 337 g/mol. The third-order valence-corrected chi connectivity index (χ3v) is 4.42. The Morgan fingerprint density at radius 1 is 1.32 bits per heavy atom. The van der Waals surface area contributed by atoms with Crippen molar-refractivity contribution in [2.24, 2.45) is 5.92 Å². The molecule has 128 valence electrons. The lowest BCUT2D eigenvalue weighted by Crippen LogP contribution is -2.52. The van der Waals surface area contributed by atoms with Crippen molar-refractivity contribution in [3.63, 3.8) is 0 Å². The molecule has 3 heterocycles. The van der Waals surface area contributed by atoms with E-state index in [1.807, 2.05) is 43.0 Å². The Kier molecular flexibility index (Phi) is 3.79. The zero-order valence-electron chi connectivity index (χ0n) is 14.2. The lowest BCUT2D eigenvalue weighted by atomic mass is 9.99. The topological polar surface area (TPSA) is 88.8 Å². The lowest BCUT2D eigenvalue weighted by Gasteiger charge is -2.38. The Labute approximate surface area is 144 Å². The summed E-state index contributed by atoms with van der Waals surface area (Å²) in [5.74, 6) is 0.709. The van der Waals surface area contributed by atoms with Crippen LogP contribution in [0.25, 0.3) is 11.2 Å². The highest BCUT2D eigenvalue weighted by molar-refractivity contribution is 5.95. The van der Waals surface area contributed by atoms with Gasteiger partial charge >= 0.3 is 0 Å². The molecule has 1 aliphatic rings. The molecule has 1 amide bonds. The van der Waals surface area contributed by atoms with Gasteiger partial charge in [-0.25, -0.2) is 14.6 Å². The summed E-state index contributed by atoms with van der Waals surface area (Å²) in [6, 6.07) is 7.81. The van der Waals surface area contributed by atoms with Crippen LogP contribution in [0.15, 0.2) is 30.6 Å². The molecular weight excluding hydrogens is 318 g/mol. The van der Waals surface area contributed by atoms with Crippen LogP contribution in [0.2, 0.25) is 0 Å². The van der Waals surface area contributed by atoms with Crippen LogP contribution in [0, 0.1) is 12.8 Å². The van der Waals surface area contributed by atoms with Gasteiger partial charge in [0.15, 0.2) is 17.0 Å². The van der Waals surface area contributed by atoms with Crippen molar-refractivity contribution in [3.8, 4) is 0 Å². The van der Waals surface area contributed by atoms with Crippen molar-refractivity contribution in [2.75, 3.05) is 23.3 Å². The van der Waals surface area contributed by atoms with Crippen LogP contribution in [0.3, 0.4) is 0 Å². The molecule has 1 N–H and O–H groups in total. The number of nitrogens with one attached hydrogen (secondary N) is 1. The number of anilines is 2. The number of carbonyl (C=O) groups is 1. The average Bonchev–Trinajstić information content (AvgIpc) is 2.97. The van der Waals surface area contributed by atoms with Crippen LogP contribution in [0.4, 0.5) is 11.5 Å². The molecule has 0 atom stereocenters. The summed E-state index contributed by atoms with van der Waals surface area (Å²) < 4.78 is 1.74. The summed E-state index contributed by atoms with van der Waals surface area (Å²) in [5.41, 5.74) is 3.36. The second kappa shape index (κ2) is 6.12. The highest BCUT2D eigenvalue weighted by Gasteiger charge is 2.35. The molecule has 8 heteroatoms. The van der Waals surface area contributed by atoms with Crippen LogP contribution in [0.5, 0.6) is 0 Å². The van der Waals surface area contributed by atoms with Crippen molar-refractivity contribution in [1.29, 1.82) is 0 Å². The van der Waals surface area contributed by atoms with Gasteiger partial charge in [-0.2, -0.15) is 0 Å². The second-order valence-electron chi connectivity index (χ2n) is 6.24. The average molecular weight is 337 g/mol. The normalized spacial score (nSPS) is 14.6. The van der Waals surface area contributed by atoms with E-state index in [1.54, 1.807) is 4.68 Å². The molecule has 4 rings (SSSR count). The third-order valence-electron chi connectivity index (χ3n) is 4.42. The molecule has 0 radical (unpaired) electrons. The van der Waals surface area contributed by atoms with Crippen LogP contribution in [-0.2, 0) is 11.3 Å². The van der Waals surface area contributed by atoms with E-state index in [4.69, 9.17) is 0 Å². The smallest absolute Gasteiger partial charge is 0.231 e. The Balaban J connectivity index is 1.45. The predicted octanol–water partition coefficient (Wildman–Crippen LogP) is 1.62. The Bertz CT molecular complexity index is 930. The predicted molar refractivity (Wildman–Crippen MR) is 94.3 cm³/mol. The molecule has 1 aromatic carbocycles. The van der Waals surface area contributed by atoms with Gasteiger partial charge in [0.05, 0.1) is 5.92 Å². The Morgan fingerprint density at radius 3 is 2.92 bits per heavy atom. The Hall–Kier alpha value is -3.03. The zero-order chi connectivity index (χ0) is 17.4. The summed E-state index contributed by atoms with van der Waals surface area (Å²) in [6.07, 6.45) is 1.52. The van der Waals surface area contributed by atoms with Gasteiger partial charge in [-0.3, -0.25) is 4.79 Å². The van der Waals surface area contributed by atoms with Gasteiger partial charge in [-0.05, 0) is 31.5 Å². The molecule has 1 fully saturated rings. The number of nitrogens with zero attached hydrogens (tertiary/aromatic N) is 6. The maximum Gasteiger partial charge on any atom is 0.231 e. The van der Waals surface area contributed by atoms with E-state index < -0.39 is 0 Å². The largest absolute Gasteiger partial charge is 0.353 e. The van der Waals surface area contributed by atoms with Crippen molar-refractivity contribution in [1.82, 2.24) is 25.0 Å². The highest BCUT2D eigenvalue weighted by Crippen LogP contribution is 2.28. The van der Waals surface area contributed by atoms with E-state index in [0.29, 0.717) is 25.2 Å². The van der Waals surface area contributed by atoms with Gasteiger partial charge in [0, 0.05) is 25.3 Å². The van der Waals surface area contributed by atoms with Crippen LogP contribution < -0.4 is 10.2 Å². The van der Waals surface area contributed by atoms with Crippen molar-refractivity contribution in [2.45, 2.75) is 20.4 Å². The molecule has 25 heavy (non-hydrogen) atoms. The quantitative estimate of drug-likeness (QED) is 0.778. The SMILES string of the molecule is CCn1nnc2c(N3CC(C(=O)Nc4cccc(C)c4)C3)ncnc21. The van der Waals surface area contributed by atoms with Gasteiger partial charge in [0.25, 0.3) is 0 Å². The molecule has 3 aromatic rings. The van der Waals surface area contributed by atoms with Crippen LogP contribution in [-0.4, -0.2) is 44.0 Å². The summed E-state index contributed by atoms with van der Waals surface area (Å²) >= 11 is 0. The van der Waals surface area contributed by atoms with Gasteiger partial charge in [0.1, 0.15) is 6.33 Å². The van der Waals surface area contributed by atoms with E-state index in [9.17, 15) is 4.79 Å². The van der Waals surface area contributed by atoms with E-state index in [-0.39, 0.29) is 11.8 Å². The molecule has 0 unspecified atom stereocenters. The first kappa shape index (κ1) is 15.5. The highest BCUT2D eigenvalue weighted by atomic mass is 16.2. The number of benzene rings is 1. The van der Waals surface area contributed by atoms with E-state index in [1.165, 1.54) is 6.33 Å². The first-order chi connectivity index (χ1) is 12.2. The minimum atomic E-state index is -0.0632. The molecule has 2 aromatic heterocycles. The second-order valence-corrected chi connectivity index (χ2v) is 6.24. The number of aryl methyl sites for hydroxylation is 2. The van der Waals surface area contributed by atoms with Gasteiger partial charge < -0.3 is 10.2 Å². The molecule has 1 aliphatic heterocycles. The molecule has 8 nitrogen and oxygen atoms in total. The van der Waals surface area contributed by atoms with Gasteiger partial charge in [-0.15, -0.1) is 5.10 Å². The Morgan fingerprint density at radius 2 is 2.16 bits per heavy atom. The lowest BCUT2D eigenvalue weighted by molar-refractivity contribution is -0.120. The van der Waals surface area contributed by atoms with Crippen molar-refractivity contribution < 1.29 is 4.79 Å². The van der Waals surface area contributed by atoms with E-state index in [0.717, 1.165) is 22.7 Å². The molecule has 0 saturated carbocycles. The maximum absolute atomic E-state index is 12.4. The maximum atomic E-state index is 12.4. The van der Waals surface area contributed by atoms with Crippen molar-refractivity contribution in [3.05, 3.63) is 36.2 Å². The molecule has 0 aliphatic carbocycles. The minimum absolute atomic E-state index is 0.0318. The van der Waals surface area contributed by atoms with Crippen LogP contribution in [0.1, 0.15) is 12.5 Å². The van der Waals surface area contributed by atoms with Crippen molar-refractivity contribution >= 4 is 28.6 Å². The zero-order valence-corrected chi connectivity index (χ0v) is 14.2. The molecular formula is C17H19N7O. The first-order valence-corrected chi connectivity index (χ1v) is 8.32. The van der Waals surface area contributed by atoms with E-state index >= 15 is 0 Å². The summed E-state index contributed by atoms with van der Waals surface area (Å²) in [4.78, 5) is 23.0. The molecule has 0 bridgehead atoms. The molecule has 0 spiro atoms. The van der Waals surface area contributed by atoms with Gasteiger partial charge in [-0.1, -0.05) is 17.3 Å². The number of carbonyl (C=O) groups excluding carboxylic acids is 1. The van der Waals surface area contributed by atoms with E-state index in [2.05, 4.69) is 25.6 Å². The molecule has 1 saturated heterocycles. The fourth-order valence-corrected chi connectivity index (χ4v) is 3.01. The number of hydrogen-bond donors (Lipinski definition) is 1. The first-order valence-electron chi connectivity index (χ1n) is 8.32.